The summed E-state index contributed by atoms with van der Waals surface area (Å²) < 4.78 is 10.7. The molecule has 0 bridgehead atoms. The van der Waals surface area contributed by atoms with Gasteiger partial charge in [0.25, 0.3) is 0 Å². The standard InChI is InChI=1S/C8H19BrO2Si/c1-10-6-7-11-12(2,3)8-4-5-9/h4-8H2,1-3H3. The van der Waals surface area contributed by atoms with Gasteiger partial charge in [-0.05, 0) is 25.6 Å². The number of ether oxygens (including phenoxy) is 1. The maximum Gasteiger partial charge on any atom is 0.186 e. The number of hydrogen-bond acceptors (Lipinski definition) is 2. The van der Waals surface area contributed by atoms with Crippen LogP contribution in [0.5, 0.6) is 0 Å². The smallest absolute Gasteiger partial charge is 0.186 e. The first kappa shape index (κ1) is 12.6. The largest absolute Gasteiger partial charge is 0.415 e. The van der Waals surface area contributed by atoms with Crippen molar-refractivity contribution < 1.29 is 9.16 Å². The van der Waals surface area contributed by atoms with Crippen LogP contribution in [0.1, 0.15) is 6.42 Å². The number of alkyl halides is 1. The Morgan fingerprint density at radius 3 is 2.42 bits per heavy atom. The first-order valence-corrected chi connectivity index (χ1v) is 8.55. The van der Waals surface area contributed by atoms with Gasteiger partial charge in [0.05, 0.1) is 13.2 Å². The molecule has 0 aromatic carbocycles. The summed E-state index contributed by atoms with van der Waals surface area (Å²) in [5, 5.41) is 1.08. The van der Waals surface area contributed by atoms with E-state index < -0.39 is 8.32 Å². The number of hydrogen-bond donors (Lipinski definition) is 0. The summed E-state index contributed by atoms with van der Waals surface area (Å²) in [6.45, 7) is 5.97. The number of methoxy groups -OCH3 is 1. The Kier molecular flexibility index (Phi) is 7.43. The van der Waals surface area contributed by atoms with E-state index in [2.05, 4.69) is 29.0 Å². The molecular weight excluding hydrogens is 236 g/mol. The molecule has 2 nitrogen and oxygen atoms in total. The molecule has 74 valence electrons. The quantitative estimate of drug-likeness (QED) is 0.395. The summed E-state index contributed by atoms with van der Waals surface area (Å²) in [5.41, 5.74) is 0. The van der Waals surface area contributed by atoms with Gasteiger partial charge < -0.3 is 9.16 Å². The molecule has 0 radical (unpaired) electrons. The van der Waals surface area contributed by atoms with Crippen LogP contribution in [0.2, 0.25) is 19.1 Å². The van der Waals surface area contributed by atoms with Gasteiger partial charge in [-0.25, -0.2) is 0 Å². The molecule has 0 fully saturated rings. The third-order valence-electron chi connectivity index (χ3n) is 1.69. The van der Waals surface area contributed by atoms with E-state index in [9.17, 15) is 0 Å². The SMILES string of the molecule is COCCO[Si](C)(C)CCCBr. The van der Waals surface area contributed by atoms with E-state index in [-0.39, 0.29) is 0 Å². The van der Waals surface area contributed by atoms with E-state index >= 15 is 0 Å². The maximum atomic E-state index is 5.76. The van der Waals surface area contributed by atoms with Crippen LogP contribution < -0.4 is 0 Å². The van der Waals surface area contributed by atoms with Crippen LogP contribution in [-0.4, -0.2) is 34.0 Å². The van der Waals surface area contributed by atoms with E-state index in [1.54, 1.807) is 7.11 Å². The molecule has 0 aliphatic rings. The monoisotopic (exact) mass is 254 g/mol. The summed E-state index contributed by atoms with van der Waals surface area (Å²) in [6, 6.07) is 1.22. The van der Waals surface area contributed by atoms with Gasteiger partial charge in [-0.15, -0.1) is 0 Å². The number of halogens is 1. The zero-order valence-corrected chi connectivity index (χ0v) is 10.8. The van der Waals surface area contributed by atoms with Gasteiger partial charge in [0.15, 0.2) is 8.32 Å². The molecule has 0 aliphatic heterocycles. The lowest BCUT2D eigenvalue weighted by Crippen LogP contribution is -2.31. The van der Waals surface area contributed by atoms with Crippen molar-refractivity contribution >= 4 is 24.2 Å². The Morgan fingerprint density at radius 1 is 1.25 bits per heavy atom. The van der Waals surface area contributed by atoms with Crippen LogP contribution in [0.4, 0.5) is 0 Å². The number of rotatable bonds is 7. The van der Waals surface area contributed by atoms with Crippen LogP contribution in [0.25, 0.3) is 0 Å². The van der Waals surface area contributed by atoms with Crippen LogP contribution >= 0.6 is 15.9 Å². The second kappa shape index (κ2) is 7.06. The van der Waals surface area contributed by atoms with E-state index in [1.165, 1.54) is 12.5 Å². The molecule has 0 aromatic heterocycles. The first-order valence-electron chi connectivity index (χ1n) is 4.31. The molecule has 0 saturated carbocycles. The van der Waals surface area contributed by atoms with Gasteiger partial charge in [-0.1, -0.05) is 15.9 Å². The molecule has 0 rings (SSSR count). The predicted octanol–water partition coefficient (Wildman–Crippen LogP) is 2.64. The van der Waals surface area contributed by atoms with Gasteiger partial charge >= 0.3 is 0 Å². The van der Waals surface area contributed by atoms with Gasteiger partial charge in [0.2, 0.25) is 0 Å². The maximum absolute atomic E-state index is 5.76. The summed E-state index contributed by atoms with van der Waals surface area (Å²) in [5.74, 6) is 0. The predicted molar refractivity (Wildman–Crippen MR) is 58.5 cm³/mol. The Morgan fingerprint density at radius 2 is 1.92 bits per heavy atom. The van der Waals surface area contributed by atoms with Crippen LogP contribution in [-0.2, 0) is 9.16 Å². The third kappa shape index (κ3) is 7.28. The average Bonchev–Trinajstić information content (AvgIpc) is 2.01. The minimum Gasteiger partial charge on any atom is -0.415 e. The van der Waals surface area contributed by atoms with Gasteiger partial charge in [0.1, 0.15) is 0 Å². The summed E-state index contributed by atoms with van der Waals surface area (Å²) >= 11 is 3.43. The van der Waals surface area contributed by atoms with Crippen molar-refractivity contribution in [2.45, 2.75) is 25.6 Å². The molecular formula is C8H19BrO2Si. The summed E-state index contributed by atoms with van der Waals surface area (Å²) in [6.07, 6.45) is 1.21. The Bertz CT molecular complexity index is 109. The van der Waals surface area contributed by atoms with Crippen molar-refractivity contribution in [1.82, 2.24) is 0 Å². The minimum atomic E-state index is -1.37. The fraction of sp³-hybridized carbons (Fsp3) is 1.00. The molecule has 0 aliphatic carbocycles. The summed E-state index contributed by atoms with van der Waals surface area (Å²) in [7, 11) is 0.333. The molecule has 4 heteroatoms. The van der Waals surface area contributed by atoms with E-state index in [1.807, 2.05) is 0 Å². The van der Waals surface area contributed by atoms with Crippen molar-refractivity contribution in [3.8, 4) is 0 Å². The molecule has 0 heterocycles. The fourth-order valence-corrected chi connectivity index (χ4v) is 3.57. The van der Waals surface area contributed by atoms with E-state index in [0.717, 1.165) is 11.9 Å². The van der Waals surface area contributed by atoms with Gasteiger partial charge in [-0.3, -0.25) is 0 Å². The zero-order chi connectivity index (χ0) is 9.45. The van der Waals surface area contributed by atoms with Crippen molar-refractivity contribution in [3.05, 3.63) is 0 Å². The van der Waals surface area contributed by atoms with Crippen molar-refractivity contribution in [2.75, 3.05) is 25.7 Å². The topological polar surface area (TPSA) is 18.5 Å². The highest BCUT2D eigenvalue weighted by atomic mass is 79.9. The zero-order valence-electron chi connectivity index (χ0n) is 8.23. The molecule has 0 spiro atoms. The molecule has 0 N–H and O–H groups in total. The van der Waals surface area contributed by atoms with Crippen molar-refractivity contribution in [1.29, 1.82) is 0 Å². The third-order valence-corrected chi connectivity index (χ3v) is 4.80. The second-order valence-corrected chi connectivity index (χ2v) is 8.49. The van der Waals surface area contributed by atoms with Gasteiger partial charge in [0, 0.05) is 12.4 Å². The molecule has 0 unspecified atom stereocenters. The molecule has 12 heavy (non-hydrogen) atoms. The molecule has 0 atom stereocenters. The highest BCUT2D eigenvalue weighted by Crippen LogP contribution is 2.14. The Balaban J connectivity index is 3.42. The normalized spacial score (nSPS) is 12.0. The highest BCUT2D eigenvalue weighted by molar-refractivity contribution is 9.09. The lowest BCUT2D eigenvalue weighted by atomic mass is 10.6. The van der Waals surface area contributed by atoms with Crippen LogP contribution in [0, 0.1) is 0 Å². The molecule has 0 amide bonds. The summed E-state index contributed by atoms with van der Waals surface area (Å²) in [4.78, 5) is 0. The molecule has 0 aromatic rings. The highest BCUT2D eigenvalue weighted by Gasteiger charge is 2.20. The van der Waals surface area contributed by atoms with Gasteiger partial charge in [-0.2, -0.15) is 0 Å². The van der Waals surface area contributed by atoms with Crippen molar-refractivity contribution in [3.63, 3.8) is 0 Å². The van der Waals surface area contributed by atoms with Crippen LogP contribution in [0.3, 0.4) is 0 Å². The van der Waals surface area contributed by atoms with Crippen LogP contribution in [0.15, 0.2) is 0 Å². The van der Waals surface area contributed by atoms with E-state index in [4.69, 9.17) is 9.16 Å². The Labute approximate surface area is 84.9 Å². The minimum absolute atomic E-state index is 0.713. The average molecular weight is 255 g/mol. The first-order chi connectivity index (χ1) is 5.62. The second-order valence-electron chi connectivity index (χ2n) is 3.39. The Hall–Kier alpha value is 0.617. The molecule has 0 saturated heterocycles. The lowest BCUT2D eigenvalue weighted by Gasteiger charge is -2.22. The fourth-order valence-electron chi connectivity index (χ4n) is 0.966. The van der Waals surface area contributed by atoms with Crippen molar-refractivity contribution in [2.24, 2.45) is 0 Å². The lowest BCUT2D eigenvalue weighted by molar-refractivity contribution is 0.142. The van der Waals surface area contributed by atoms with E-state index in [0.29, 0.717) is 6.61 Å².